The normalized spacial score (nSPS) is 9.79. The highest BCUT2D eigenvalue weighted by Gasteiger charge is 2.02. The molecule has 0 spiro atoms. The summed E-state index contributed by atoms with van der Waals surface area (Å²) in [7, 11) is 1.64. The predicted octanol–water partition coefficient (Wildman–Crippen LogP) is 3.21. The van der Waals surface area contributed by atoms with Gasteiger partial charge in [0.15, 0.2) is 5.11 Å². The Kier molecular flexibility index (Phi) is 4.30. The summed E-state index contributed by atoms with van der Waals surface area (Å²) in [5.74, 6) is 0.813. The fraction of sp³-hybridized carbons (Fsp3) is 0.143. The lowest BCUT2D eigenvalue weighted by Crippen LogP contribution is -2.19. The van der Waals surface area contributed by atoms with Gasteiger partial charge in [-0.15, -0.1) is 0 Å². The zero-order chi connectivity index (χ0) is 13.7. The Balaban J connectivity index is 1.99. The maximum absolute atomic E-state index is 5.26. The molecule has 1 aromatic carbocycles. The van der Waals surface area contributed by atoms with Gasteiger partial charge in [-0.05, 0) is 55.5 Å². The second-order valence-electron chi connectivity index (χ2n) is 3.94. The number of benzene rings is 1. The van der Waals surface area contributed by atoms with E-state index in [2.05, 4.69) is 15.6 Å². The number of hydrogen-bond acceptors (Lipinski definition) is 3. The quantitative estimate of drug-likeness (QED) is 0.841. The van der Waals surface area contributed by atoms with Crippen LogP contribution >= 0.6 is 12.2 Å². The Morgan fingerprint density at radius 1 is 1.16 bits per heavy atom. The van der Waals surface area contributed by atoms with Gasteiger partial charge in [0.1, 0.15) is 5.75 Å². The third-order valence-electron chi connectivity index (χ3n) is 2.60. The number of thiocarbonyl (C=S) groups is 1. The summed E-state index contributed by atoms with van der Waals surface area (Å²) in [6.07, 6.45) is 1.75. The smallest absolute Gasteiger partial charge is 0.175 e. The number of ether oxygens (including phenoxy) is 1. The standard InChI is InChI=1S/C14H15N3OS/c1-10-13(4-3-9-15-10)17-14(19)16-11-5-7-12(18-2)8-6-11/h3-9H,1-2H3,(H2,16,17,19). The van der Waals surface area contributed by atoms with Crippen molar-refractivity contribution in [2.75, 3.05) is 17.7 Å². The Morgan fingerprint density at radius 2 is 1.89 bits per heavy atom. The van der Waals surface area contributed by atoms with Crippen LogP contribution in [0.15, 0.2) is 42.6 Å². The number of rotatable bonds is 3. The van der Waals surface area contributed by atoms with Crippen molar-refractivity contribution >= 4 is 28.7 Å². The zero-order valence-corrected chi connectivity index (χ0v) is 11.6. The number of nitrogens with one attached hydrogen (secondary N) is 2. The van der Waals surface area contributed by atoms with Gasteiger partial charge >= 0.3 is 0 Å². The monoisotopic (exact) mass is 273 g/mol. The Labute approximate surface area is 117 Å². The van der Waals surface area contributed by atoms with Crippen molar-refractivity contribution in [2.24, 2.45) is 0 Å². The van der Waals surface area contributed by atoms with Gasteiger partial charge in [-0.1, -0.05) is 0 Å². The van der Waals surface area contributed by atoms with Gasteiger partial charge in [0, 0.05) is 11.9 Å². The maximum atomic E-state index is 5.26. The molecule has 0 atom stereocenters. The molecule has 0 saturated heterocycles. The van der Waals surface area contributed by atoms with Crippen LogP contribution in [0.3, 0.4) is 0 Å². The first kappa shape index (κ1) is 13.3. The highest BCUT2D eigenvalue weighted by atomic mass is 32.1. The minimum Gasteiger partial charge on any atom is -0.497 e. The molecule has 1 heterocycles. The molecule has 0 aliphatic heterocycles. The number of hydrogen-bond donors (Lipinski definition) is 2. The summed E-state index contributed by atoms with van der Waals surface area (Å²) in [5.41, 5.74) is 2.70. The van der Waals surface area contributed by atoms with Crippen molar-refractivity contribution in [3.05, 3.63) is 48.3 Å². The highest BCUT2D eigenvalue weighted by Crippen LogP contribution is 2.16. The zero-order valence-electron chi connectivity index (χ0n) is 10.8. The molecule has 2 N–H and O–H groups in total. The van der Waals surface area contributed by atoms with E-state index in [1.165, 1.54) is 0 Å². The molecule has 4 nitrogen and oxygen atoms in total. The summed E-state index contributed by atoms with van der Waals surface area (Å²) < 4.78 is 5.10. The fourth-order valence-electron chi connectivity index (χ4n) is 1.58. The number of nitrogens with zero attached hydrogens (tertiary/aromatic N) is 1. The average molecular weight is 273 g/mol. The van der Waals surface area contributed by atoms with Gasteiger partial charge in [0.2, 0.25) is 0 Å². The van der Waals surface area contributed by atoms with Crippen LogP contribution in [0.25, 0.3) is 0 Å². The summed E-state index contributed by atoms with van der Waals surface area (Å²) in [5, 5.41) is 6.75. The molecule has 0 aliphatic carbocycles. The van der Waals surface area contributed by atoms with Crippen molar-refractivity contribution in [3.8, 4) is 5.75 Å². The summed E-state index contributed by atoms with van der Waals surface area (Å²) in [6.45, 7) is 1.93. The number of methoxy groups -OCH3 is 1. The predicted molar refractivity (Wildman–Crippen MR) is 81.8 cm³/mol. The van der Waals surface area contributed by atoms with Gasteiger partial charge in [-0.25, -0.2) is 0 Å². The second-order valence-corrected chi connectivity index (χ2v) is 4.35. The second kappa shape index (κ2) is 6.15. The molecule has 0 radical (unpaired) electrons. The molecule has 2 rings (SSSR count). The SMILES string of the molecule is COc1ccc(NC(=S)Nc2cccnc2C)cc1. The Hall–Kier alpha value is -2.14. The Bertz CT molecular complexity index is 569. The number of aromatic nitrogens is 1. The van der Waals surface area contributed by atoms with Crippen molar-refractivity contribution in [3.63, 3.8) is 0 Å². The molecular formula is C14H15N3OS. The molecule has 19 heavy (non-hydrogen) atoms. The van der Waals surface area contributed by atoms with Crippen molar-refractivity contribution in [1.29, 1.82) is 0 Å². The van der Waals surface area contributed by atoms with Gasteiger partial charge in [0.25, 0.3) is 0 Å². The van der Waals surface area contributed by atoms with E-state index in [0.717, 1.165) is 22.8 Å². The van der Waals surface area contributed by atoms with Crippen LogP contribution in [0.2, 0.25) is 0 Å². The van der Waals surface area contributed by atoms with Gasteiger partial charge in [0.05, 0.1) is 18.5 Å². The van der Waals surface area contributed by atoms with Crippen LogP contribution in [0, 0.1) is 6.92 Å². The van der Waals surface area contributed by atoms with Gasteiger partial charge in [-0.2, -0.15) is 0 Å². The number of pyridine rings is 1. The molecule has 0 aliphatic rings. The molecule has 0 unspecified atom stereocenters. The van der Waals surface area contributed by atoms with E-state index in [0.29, 0.717) is 5.11 Å². The van der Waals surface area contributed by atoms with Crippen LogP contribution in [-0.2, 0) is 0 Å². The van der Waals surface area contributed by atoms with E-state index in [-0.39, 0.29) is 0 Å². The first-order valence-electron chi connectivity index (χ1n) is 5.83. The van der Waals surface area contributed by atoms with Crippen molar-refractivity contribution in [2.45, 2.75) is 6.92 Å². The number of aryl methyl sites for hydroxylation is 1. The lowest BCUT2D eigenvalue weighted by molar-refractivity contribution is 0.415. The lowest BCUT2D eigenvalue weighted by atomic mass is 10.3. The third-order valence-corrected chi connectivity index (χ3v) is 2.81. The van der Waals surface area contributed by atoms with Crippen LogP contribution in [0.1, 0.15) is 5.69 Å². The molecule has 0 bridgehead atoms. The topological polar surface area (TPSA) is 46.2 Å². The first-order valence-corrected chi connectivity index (χ1v) is 6.23. The van der Waals surface area contributed by atoms with Crippen LogP contribution in [-0.4, -0.2) is 17.2 Å². The van der Waals surface area contributed by atoms with E-state index in [9.17, 15) is 0 Å². The Morgan fingerprint density at radius 3 is 2.53 bits per heavy atom. The summed E-state index contributed by atoms with van der Waals surface area (Å²) in [6, 6.07) is 11.4. The van der Waals surface area contributed by atoms with Crippen LogP contribution < -0.4 is 15.4 Å². The van der Waals surface area contributed by atoms with E-state index in [1.807, 2.05) is 43.3 Å². The maximum Gasteiger partial charge on any atom is 0.175 e. The minimum atomic E-state index is 0.529. The van der Waals surface area contributed by atoms with Crippen LogP contribution in [0.4, 0.5) is 11.4 Å². The third kappa shape index (κ3) is 3.66. The molecule has 2 aromatic rings. The molecular weight excluding hydrogens is 258 g/mol. The summed E-state index contributed by atoms with van der Waals surface area (Å²) >= 11 is 5.26. The number of anilines is 2. The molecule has 1 aromatic heterocycles. The first-order chi connectivity index (χ1) is 9.19. The average Bonchev–Trinajstić information content (AvgIpc) is 2.42. The van der Waals surface area contributed by atoms with Gasteiger partial charge < -0.3 is 15.4 Å². The molecule has 5 heteroatoms. The van der Waals surface area contributed by atoms with Crippen molar-refractivity contribution in [1.82, 2.24) is 4.98 Å². The fourth-order valence-corrected chi connectivity index (χ4v) is 1.80. The summed E-state index contributed by atoms with van der Waals surface area (Å²) in [4.78, 5) is 4.20. The van der Waals surface area contributed by atoms with E-state index in [4.69, 9.17) is 17.0 Å². The minimum absolute atomic E-state index is 0.529. The van der Waals surface area contributed by atoms with E-state index < -0.39 is 0 Å². The highest BCUT2D eigenvalue weighted by molar-refractivity contribution is 7.80. The van der Waals surface area contributed by atoms with E-state index >= 15 is 0 Å². The van der Waals surface area contributed by atoms with Crippen LogP contribution in [0.5, 0.6) is 5.75 Å². The van der Waals surface area contributed by atoms with Crippen molar-refractivity contribution < 1.29 is 4.74 Å². The molecule has 98 valence electrons. The van der Waals surface area contributed by atoms with Gasteiger partial charge in [-0.3, -0.25) is 4.98 Å². The molecule has 0 fully saturated rings. The lowest BCUT2D eigenvalue weighted by Gasteiger charge is -2.12. The molecule has 0 amide bonds. The largest absolute Gasteiger partial charge is 0.497 e. The van der Waals surface area contributed by atoms with E-state index in [1.54, 1.807) is 13.3 Å². The molecule has 0 saturated carbocycles.